The van der Waals surface area contributed by atoms with E-state index in [2.05, 4.69) is 26.6 Å². The lowest BCUT2D eigenvalue weighted by Gasteiger charge is -2.31. The van der Waals surface area contributed by atoms with E-state index >= 15 is 0 Å². The molecule has 1 aromatic carbocycles. The zero-order chi connectivity index (χ0) is 21.5. The molecule has 7 nitrogen and oxygen atoms in total. The van der Waals surface area contributed by atoms with Crippen LogP contribution in [0.2, 0.25) is 0 Å². The van der Waals surface area contributed by atoms with Crippen molar-refractivity contribution in [3.63, 3.8) is 0 Å². The molecular weight excluding hydrogens is 392 g/mol. The van der Waals surface area contributed by atoms with E-state index in [4.69, 9.17) is 4.74 Å². The van der Waals surface area contributed by atoms with E-state index in [0.29, 0.717) is 18.5 Å². The summed E-state index contributed by atoms with van der Waals surface area (Å²) in [7, 11) is 0. The predicted octanol–water partition coefficient (Wildman–Crippen LogP) is 2.52. The monoisotopic (exact) mass is 422 g/mol. The van der Waals surface area contributed by atoms with Crippen LogP contribution in [0.5, 0.6) is 5.75 Å². The number of hydrogen-bond acceptors (Lipinski definition) is 5. The molecule has 2 aromatic rings. The Morgan fingerprint density at radius 3 is 2.65 bits per heavy atom. The highest BCUT2D eigenvalue weighted by Crippen LogP contribution is 2.21. The van der Waals surface area contributed by atoms with Crippen LogP contribution < -0.4 is 15.4 Å². The van der Waals surface area contributed by atoms with Crippen molar-refractivity contribution < 1.29 is 14.3 Å². The van der Waals surface area contributed by atoms with Crippen LogP contribution >= 0.6 is 0 Å². The molecule has 2 aliphatic rings. The van der Waals surface area contributed by atoms with Crippen LogP contribution in [0.15, 0.2) is 48.7 Å². The minimum Gasteiger partial charge on any atom is -0.490 e. The summed E-state index contributed by atoms with van der Waals surface area (Å²) in [6.45, 7) is 3.51. The number of aromatic nitrogens is 1. The highest BCUT2D eigenvalue weighted by Gasteiger charge is 2.23. The standard InChI is InChI=1S/C24H30N4O3/c29-23(27-22-6-2-4-14-26-24(22)30)18-7-9-20(10-8-18)31-21-11-15-28(16-12-21)17-19-5-1-3-13-25-19/h1,3,5,7-10,13,21-22H,2,4,6,11-12,14-17H2,(H,26,30)(H,27,29)/t22-/m0/s1. The molecule has 2 saturated heterocycles. The van der Waals surface area contributed by atoms with Gasteiger partial charge in [0.15, 0.2) is 0 Å². The van der Waals surface area contributed by atoms with Crippen LogP contribution in [-0.4, -0.2) is 53.5 Å². The Bertz CT molecular complexity index is 864. The quantitative estimate of drug-likeness (QED) is 0.748. The number of benzene rings is 1. The fraction of sp³-hybridized carbons (Fsp3) is 0.458. The molecule has 0 saturated carbocycles. The lowest BCUT2D eigenvalue weighted by atomic mass is 10.1. The van der Waals surface area contributed by atoms with Crippen molar-refractivity contribution in [1.82, 2.24) is 20.5 Å². The average Bonchev–Trinajstić information content (AvgIpc) is 3.00. The molecule has 3 heterocycles. The third-order valence-electron chi connectivity index (χ3n) is 5.91. The number of ether oxygens (including phenoxy) is 1. The smallest absolute Gasteiger partial charge is 0.251 e. The Morgan fingerprint density at radius 1 is 1.10 bits per heavy atom. The number of carbonyl (C=O) groups is 2. The van der Waals surface area contributed by atoms with Gasteiger partial charge >= 0.3 is 0 Å². The number of likely N-dealkylation sites (tertiary alicyclic amines) is 1. The Kier molecular flexibility index (Phi) is 7.14. The molecule has 0 spiro atoms. The first kappa shape index (κ1) is 21.3. The number of carbonyl (C=O) groups excluding carboxylic acids is 2. The van der Waals surface area contributed by atoms with Crippen LogP contribution in [0.4, 0.5) is 0 Å². The summed E-state index contributed by atoms with van der Waals surface area (Å²) in [6.07, 6.45) is 6.49. The fourth-order valence-corrected chi connectivity index (χ4v) is 4.10. The van der Waals surface area contributed by atoms with E-state index in [1.165, 1.54) is 0 Å². The molecule has 0 unspecified atom stereocenters. The van der Waals surface area contributed by atoms with Gasteiger partial charge in [0.1, 0.15) is 17.9 Å². The molecule has 4 rings (SSSR count). The number of piperidine rings is 1. The van der Waals surface area contributed by atoms with Gasteiger partial charge < -0.3 is 15.4 Å². The van der Waals surface area contributed by atoms with Crippen LogP contribution in [0.25, 0.3) is 0 Å². The van der Waals surface area contributed by atoms with Gasteiger partial charge in [-0.05, 0) is 68.5 Å². The summed E-state index contributed by atoms with van der Waals surface area (Å²) in [6, 6.07) is 12.8. The molecule has 31 heavy (non-hydrogen) atoms. The van der Waals surface area contributed by atoms with Crippen LogP contribution in [0.3, 0.4) is 0 Å². The van der Waals surface area contributed by atoms with Crippen molar-refractivity contribution in [3.05, 3.63) is 59.9 Å². The maximum absolute atomic E-state index is 12.5. The minimum absolute atomic E-state index is 0.0970. The van der Waals surface area contributed by atoms with Crippen molar-refractivity contribution in [2.45, 2.75) is 50.8 Å². The van der Waals surface area contributed by atoms with Gasteiger partial charge in [0.25, 0.3) is 5.91 Å². The third-order valence-corrected chi connectivity index (χ3v) is 5.91. The van der Waals surface area contributed by atoms with Crippen LogP contribution in [0, 0.1) is 0 Å². The van der Waals surface area contributed by atoms with Gasteiger partial charge in [-0.2, -0.15) is 0 Å². The van der Waals surface area contributed by atoms with Gasteiger partial charge in [0.05, 0.1) is 5.69 Å². The summed E-state index contributed by atoms with van der Waals surface area (Å²) in [5, 5.41) is 5.69. The zero-order valence-corrected chi connectivity index (χ0v) is 17.8. The SMILES string of the molecule is O=C(N[C@H]1CCCCNC1=O)c1ccc(OC2CCN(Cc3ccccn3)CC2)cc1. The first-order valence-corrected chi connectivity index (χ1v) is 11.1. The van der Waals surface area contributed by atoms with E-state index in [-0.39, 0.29) is 17.9 Å². The number of nitrogens with zero attached hydrogens (tertiary/aromatic N) is 2. The van der Waals surface area contributed by atoms with Crippen molar-refractivity contribution in [2.75, 3.05) is 19.6 Å². The van der Waals surface area contributed by atoms with Crippen molar-refractivity contribution in [1.29, 1.82) is 0 Å². The second kappa shape index (κ2) is 10.4. The second-order valence-corrected chi connectivity index (χ2v) is 8.25. The lowest BCUT2D eigenvalue weighted by Crippen LogP contribution is -2.45. The van der Waals surface area contributed by atoms with Crippen LogP contribution in [0.1, 0.15) is 48.2 Å². The molecule has 0 bridgehead atoms. The molecule has 1 atom stereocenters. The molecule has 2 N–H and O–H groups in total. The summed E-state index contributed by atoms with van der Waals surface area (Å²) in [5.41, 5.74) is 1.63. The number of rotatable bonds is 6. The highest BCUT2D eigenvalue weighted by atomic mass is 16.5. The predicted molar refractivity (Wildman–Crippen MR) is 118 cm³/mol. The maximum Gasteiger partial charge on any atom is 0.251 e. The third kappa shape index (κ3) is 6.04. The maximum atomic E-state index is 12.5. The fourth-order valence-electron chi connectivity index (χ4n) is 4.10. The van der Waals surface area contributed by atoms with Gasteiger partial charge in [-0.15, -0.1) is 0 Å². The molecular formula is C24H30N4O3. The summed E-state index contributed by atoms with van der Waals surface area (Å²) in [5.74, 6) is 0.448. The van der Waals surface area contributed by atoms with Gasteiger partial charge in [-0.1, -0.05) is 6.07 Å². The van der Waals surface area contributed by atoms with E-state index in [0.717, 1.165) is 56.8 Å². The second-order valence-electron chi connectivity index (χ2n) is 8.25. The van der Waals surface area contributed by atoms with E-state index in [1.54, 1.807) is 12.1 Å². The molecule has 0 aliphatic carbocycles. The van der Waals surface area contributed by atoms with Crippen molar-refractivity contribution in [3.8, 4) is 5.75 Å². The number of amides is 2. The number of pyridine rings is 1. The largest absolute Gasteiger partial charge is 0.490 e. The average molecular weight is 423 g/mol. The van der Waals surface area contributed by atoms with Crippen molar-refractivity contribution in [2.24, 2.45) is 0 Å². The first-order chi connectivity index (χ1) is 15.2. The normalized spacial score (nSPS) is 20.5. The molecule has 2 amide bonds. The Hall–Kier alpha value is -2.93. The van der Waals surface area contributed by atoms with Gasteiger partial charge in [0.2, 0.25) is 5.91 Å². The summed E-state index contributed by atoms with van der Waals surface area (Å²) < 4.78 is 6.13. The highest BCUT2D eigenvalue weighted by molar-refractivity contribution is 5.97. The molecule has 0 radical (unpaired) electrons. The van der Waals surface area contributed by atoms with Crippen LogP contribution in [-0.2, 0) is 11.3 Å². The summed E-state index contributed by atoms with van der Waals surface area (Å²) >= 11 is 0. The lowest BCUT2D eigenvalue weighted by molar-refractivity contribution is -0.122. The molecule has 1 aromatic heterocycles. The summed E-state index contributed by atoms with van der Waals surface area (Å²) in [4.78, 5) is 31.3. The Labute approximate surface area is 183 Å². The Balaban J connectivity index is 1.24. The van der Waals surface area contributed by atoms with Gasteiger partial charge in [0, 0.05) is 37.9 Å². The zero-order valence-electron chi connectivity index (χ0n) is 17.8. The number of hydrogen-bond donors (Lipinski definition) is 2. The molecule has 2 aliphatic heterocycles. The van der Waals surface area contributed by atoms with E-state index in [1.807, 2.05) is 30.5 Å². The van der Waals surface area contributed by atoms with E-state index < -0.39 is 6.04 Å². The first-order valence-electron chi connectivity index (χ1n) is 11.1. The topological polar surface area (TPSA) is 83.6 Å². The number of nitrogens with one attached hydrogen (secondary N) is 2. The van der Waals surface area contributed by atoms with Gasteiger partial charge in [-0.3, -0.25) is 19.5 Å². The molecule has 164 valence electrons. The van der Waals surface area contributed by atoms with Gasteiger partial charge in [-0.25, -0.2) is 0 Å². The van der Waals surface area contributed by atoms with E-state index in [9.17, 15) is 9.59 Å². The van der Waals surface area contributed by atoms with Crippen molar-refractivity contribution >= 4 is 11.8 Å². The Morgan fingerprint density at radius 2 is 1.90 bits per heavy atom. The minimum atomic E-state index is -0.456. The molecule has 2 fully saturated rings. The molecule has 7 heteroatoms.